The van der Waals surface area contributed by atoms with Crippen molar-refractivity contribution >= 4 is 0 Å². The van der Waals surface area contributed by atoms with Crippen LogP contribution in [0.5, 0.6) is 0 Å². The molecule has 1 N–H and O–H groups in total. The predicted octanol–water partition coefficient (Wildman–Crippen LogP) is -1.43. The van der Waals surface area contributed by atoms with Crippen LogP contribution in [0.15, 0.2) is 0 Å². The monoisotopic (exact) mass is 292 g/mol. The molecule has 1 saturated carbocycles. The molecule has 0 aromatic rings. The van der Waals surface area contributed by atoms with Crippen molar-refractivity contribution in [2.45, 2.75) is 56.9 Å². The molecule has 0 aromatic carbocycles. The fourth-order valence-corrected chi connectivity index (χ4v) is 3.15. The molecule has 0 unspecified atom stereocenters. The molecule has 19 heavy (non-hydrogen) atoms. The summed E-state index contributed by atoms with van der Waals surface area (Å²) >= 11 is 0. The number of rotatable bonds is 2. The molecule has 1 aliphatic heterocycles. The van der Waals surface area contributed by atoms with Crippen LogP contribution < -0.4 is 14.0 Å². The van der Waals surface area contributed by atoms with E-state index >= 15 is 0 Å². The first-order chi connectivity index (χ1) is 8.87. The first kappa shape index (κ1) is 16.6. The van der Waals surface area contributed by atoms with Crippen LogP contribution in [-0.2, 0) is 0 Å². The lowest BCUT2D eigenvalue weighted by Crippen LogP contribution is -2.58. The third-order valence-corrected chi connectivity index (χ3v) is 3.97. The van der Waals surface area contributed by atoms with Crippen molar-refractivity contribution < 1.29 is 28.9 Å². The SMILES string of the molecule is N#CCC1(N2CCCC2)CCCCC1.[O-][Cl+3]([O-])([O-])O. The molecule has 6 nitrogen and oxygen atoms in total. The Kier molecular flexibility index (Phi) is 6.47. The summed E-state index contributed by atoms with van der Waals surface area (Å²) in [6.07, 6.45) is 10.0. The molecule has 1 heterocycles. The normalized spacial score (nSPS) is 23.3. The molecule has 110 valence electrons. The van der Waals surface area contributed by atoms with E-state index in [2.05, 4.69) is 11.0 Å². The number of nitriles is 1. The minimum absolute atomic E-state index is 0.281. The summed E-state index contributed by atoms with van der Waals surface area (Å²) in [6, 6.07) is 2.41. The quantitative estimate of drug-likeness (QED) is 0.667. The van der Waals surface area contributed by atoms with Gasteiger partial charge in [0.05, 0.1) is 27.4 Å². The van der Waals surface area contributed by atoms with Crippen molar-refractivity contribution in [2.24, 2.45) is 0 Å². The second kappa shape index (κ2) is 7.39. The molecule has 0 amide bonds. The molecular weight excluding hydrogens is 272 g/mol. The van der Waals surface area contributed by atoms with Gasteiger partial charge in [-0.25, -0.2) is 0 Å². The van der Waals surface area contributed by atoms with E-state index in [4.69, 9.17) is 23.9 Å². The summed E-state index contributed by atoms with van der Waals surface area (Å²) < 4.78 is 32.7. The lowest BCUT2D eigenvalue weighted by Gasteiger charge is -2.43. The highest BCUT2D eigenvalue weighted by molar-refractivity contribution is 5.00. The molecule has 2 aliphatic rings. The number of hydrogen-bond acceptors (Lipinski definition) is 6. The molecule has 7 heteroatoms. The van der Waals surface area contributed by atoms with E-state index in [-0.39, 0.29) is 5.54 Å². The summed E-state index contributed by atoms with van der Waals surface area (Å²) in [5.74, 6) is 0. The Labute approximate surface area is 116 Å². The zero-order valence-electron chi connectivity index (χ0n) is 11.0. The minimum atomic E-state index is -4.69. The van der Waals surface area contributed by atoms with Gasteiger partial charge in [-0.05, 0) is 38.8 Å². The molecule has 1 aliphatic carbocycles. The highest BCUT2D eigenvalue weighted by atomic mass is 35.7. The number of likely N-dealkylation sites (tertiary alicyclic amines) is 1. The Morgan fingerprint density at radius 2 is 1.53 bits per heavy atom. The number of hydrogen-bond donors (Lipinski definition) is 1. The second-order valence-electron chi connectivity index (χ2n) is 5.21. The van der Waals surface area contributed by atoms with Crippen LogP contribution >= 0.6 is 0 Å². The molecule has 0 atom stereocenters. The van der Waals surface area contributed by atoms with E-state index in [1.54, 1.807) is 0 Å². The van der Waals surface area contributed by atoms with Crippen LogP contribution in [0.3, 0.4) is 0 Å². The van der Waals surface area contributed by atoms with Crippen LogP contribution in [0.25, 0.3) is 0 Å². The first-order valence-electron chi connectivity index (χ1n) is 6.63. The summed E-state index contributed by atoms with van der Waals surface area (Å²) in [6.45, 7) is 2.48. The summed E-state index contributed by atoms with van der Waals surface area (Å²) in [4.78, 5) is 2.61. The maximum Gasteiger partial charge on any atom is 0.0777 e. The second-order valence-corrected chi connectivity index (χ2v) is 6.00. The van der Waals surface area contributed by atoms with Crippen molar-refractivity contribution in [1.82, 2.24) is 4.90 Å². The fraction of sp³-hybridized carbons (Fsp3) is 0.917. The Morgan fingerprint density at radius 1 is 1.05 bits per heavy atom. The van der Waals surface area contributed by atoms with E-state index in [0.717, 1.165) is 6.42 Å². The average Bonchev–Trinajstić information content (AvgIpc) is 2.82. The van der Waals surface area contributed by atoms with Gasteiger partial charge in [-0.2, -0.15) is 19.2 Å². The van der Waals surface area contributed by atoms with Gasteiger partial charge >= 0.3 is 0 Å². The maximum absolute atomic E-state index is 8.97. The standard InChI is InChI=1S/C12H20N2.ClHO4/c13-9-8-12(6-2-1-3-7-12)14-10-4-5-11-14;2-1(3,4)5/h1-8,10-11H2;(H,2,3,4,5). The zero-order valence-corrected chi connectivity index (χ0v) is 11.8. The van der Waals surface area contributed by atoms with Crippen molar-refractivity contribution in [2.75, 3.05) is 13.1 Å². The molecular formula is C12H21ClN2O4. The van der Waals surface area contributed by atoms with Crippen LogP contribution in [0.1, 0.15) is 51.4 Å². The first-order valence-corrected chi connectivity index (χ1v) is 7.89. The lowest BCUT2D eigenvalue weighted by atomic mass is 9.78. The topological polar surface area (TPSA) is 116 Å². The smallest absolute Gasteiger partial charge is 0.0777 e. The molecule has 0 bridgehead atoms. The Bertz CT molecular complexity index is 296. The van der Waals surface area contributed by atoms with Crippen molar-refractivity contribution in [1.29, 1.82) is 5.26 Å². The van der Waals surface area contributed by atoms with Gasteiger partial charge < -0.3 is 0 Å². The van der Waals surface area contributed by atoms with Crippen molar-refractivity contribution in [3.63, 3.8) is 0 Å². The van der Waals surface area contributed by atoms with Gasteiger partial charge in [-0.1, -0.05) is 19.3 Å². The lowest BCUT2D eigenvalue weighted by molar-refractivity contribution is -1.92. The highest BCUT2D eigenvalue weighted by Crippen LogP contribution is 2.38. The highest BCUT2D eigenvalue weighted by Gasteiger charge is 2.38. The third kappa shape index (κ3) is 6.04. The van der Waals surface area contributed by atoms with Gasteiger partial charge in [0.2, 0.25) is 0 Å². The summed E-state index contributed by atoms with van der Waals surface area (Å²) in [5.41, 5.74) is 0.281. The van der Waals surface area contributed by atoms with Gasteiger partial charge in [0, 0.05) is 5.54 Å². The molecule has 1 saturated heterocycles. The third-order valence-electron chi connectivity index (χ3n) is 3.97. The largest absolute Gasteiger partial charge is 0.297 e. The van der Waals surface area contributed by atoms with E-state index in [1.165, 1.54) is 58.0 Å². The maximum atomic E-state index is 8.97. The Morgan fingerprint density at radius 3 is 1.95 bits per heavy atom. The fourth-order valence-electron chi connectivity index (χ4n) is 3.15. The molecule has 0 spiro atoms. The van der Waals surface area contributed by atoms with Crippen molar-refractivity contribution in [3.8, 4) is 6.07 Å². The van der Waals surface area contributed by atoms with Crippen molar-refractivity contribution in [3.05, 3.63) is 0 Å². The Hall–Kier alpha value is -0.420. The van der Waals surface area contributed by atoms with Crippen LogP contribution in [0, 0.1) is 21.6 Å². The van der Waals surface area contributed by atoms with E-state index < -0.39 is 10.2 Å². The van der Waals surface area contributed by atoms with Crippen LogP contribution in [0.2, 0.25) is 0 Å². The molecule has 0 aromatic heterocycles. The molecule has 0 radical (unpaired) electrons. The number of halogens is 1. The zero-order chi connectivity index (χ0) is 14.4. The molecule has 2 fully saturated rings. The summed E-state index contributed by atoms with van der Waals surface area (Å²) in [5, 5.41) is 8.97. The number of nitrogens with zero attached hydrogens (tertiary/aromatic N) is 2. The van der Waals surface area contributed by atoms with Crippen LogP contribution in [-0.4, -0.2) is 28.2 Å². The predicted molar refractivity (Wildman–Crippen MR) is 59.1 cm³/mol. The average molecular weight is 293 g/mol. The van der Waals surface area contributed by atoms with Crippen LogP contribution in [0.4, 0.5) is 0 Å². The van der Waals surface area contributed by atoms with Gasteiger partial charge in [0.25, 0.3) is 0 Å². The van der Waals surface area contributed by atoms with Gasteiger partial charge in [-0.15, -0.1) is 0 Å². The van der Waals surface area contributed by atoms with Gasteiger partial charge in [-0.3, -0.25) is 4.90 Å². The Balaban J connectivity index is 0.000000312. The van der Waals surface area contributed by atoms with E-state index in [9.17, 15) is 0 Å². The van der Waals surface area contributed by atoms with Gasteiger partial charge in [0.15, 0.2) is 0 Å². The molecule has 2 rings (SSSR count). The summed E-state index contributed by atoms with van der Waals surface area (Å²) in [7, 11) is -4.69. The van der Waals surface area contributed by atoms with E-state index in [1.807, 2.05) is 0 Å². The van der Waals surface area contributed by atoms with E-state index in [0.29, 0.717) is 0 Å². The minimum Gasteiger partial charge on any atom is -0.297 e. The van der Waals surface area contributed by atoms with Gasteiger partial charge in [0.1, 0.15) is 0 Å².